The highest BCUT2D eigenvalue weighted by molar-refractivity contribution is 6.06. The fourth-order valence-corrected chi connectivity index (χ4v) is 4.79. The largest absolute Gasteiger partial charge is 0.469 e. The highest BCUT2D eigenvalue weighted by Crippen LogP contribution is 2.29. The first-order chi connectivity index (χ1) is 17.9. The minimum absolute atomic E-state index is 0.0296. The van der Waals surface area contributed by atoms with Crippen LogP contribution in [0.4, 0.5) is 0 Å². The van der Waals surface area contributed by atoms with Gasteiger partial charge >= 0.3 is 0 Å². The van der Waals surface area contributed by atoms with Gasteiger partial charge in [0, 0.05) is 43.9 Å². The Morgan fingerprint density at radius 1 is 1.18 bits per heavy atom. The van der Waals surface area contributed by atoms with Gasteiger partial charge in [-0.05, 0) is 50.3 Å². The quantitative estimate of drug-likeness (QED) is 0.321. The molecular weight excluding hydrogens is 486 g/mol. The van der Waals surface area contributed by atoms with E-state index in [2.05, 4.69) is 11.9 Å². The Morgan fingerprint density at radius 2 is 1.87 bits per heavy atom. The summed E-state index contributed by atoms with van der Waals surface area (Å²) in [6.45, 7) is 11.1. The van der Waals surface area contributed by atoms with Crippen molar-refractivity contribution in [3.8, 4) is 0 Å². The second kappa shape index (κ2) is 14.1. The molecule has 0 saturated heterocycles. The van der Waals surface area contributed by atoms with E-state index in [-0.39, 0.29) is 35.1 Å². The summed E-state index contributed by atoms with van der Waals surface area (Å²) in [7, 11) is 3.11. The molecule has 0 fully saturated rings. The number of allylic oxidation sites excluding steroid dienone is 4. The Labute approximate surface area is 225 Å². The van der Waals surface area contributed by atoms with Crippen molar-refractivity contribution in [2.24, 2.45) is 23.3 Å². The normalized spacial score (nSPS) is 33.8. The third-order valence-electron chi connectivity index (χ3n) is 6.91. The lowest BCUT2D eigenvalue weighted by Gasteiger charge is -2.30. The van der Waals surface area contributed by atoms with Gasteiger partial charge in [0.05, 0.1) is 17.9 Å². The summed E-state index contributed by atoms with van der Waals surface area (Å²) in [5, 5.41) is 14.0. The highest BCUT2D eigenvalue weighted by atomic mass is 16.5. The molecule has 38 heavy (non-hydrogen) atoms. The Kier molecular flexibility index (Phi) is 11.6. The van der Waals surface area contributed by atoms with E-state index in [9.17, 15) is 14.7 Å². The second-order valence-corrected chi connectivity index (χ2v) is 10.2. The third kappa shape index (κ3) is 8.44. The number of ether oxygens (including phenoxy) is 3. The van der Waals surface area contributed by atoms with Crippen molar-refractivity contribution in [3.05, 3.63) is 71.0 Å². The van der Waals surface area contributed by atoms with Crippen LogP contribution in [0.25, 0.3) is 0 Å². The van der Waals surface area contributed by atoms with E-state index in [1.807, 2.05) is 26.8 Å². The molecule has 6 atom stereocenters. The van der Waals surface area contributed by atoms with Gasteiger partial charge in [-0.3, -0.25) is 9.59 Å². The summed E-state index contributed by atoms with van der Waals surface area (Å²) in [6.07, 6.45) is 7.37. The van der Waals surface area contributed by atoms with E-state index < -0.39 is 24.4 Å². The average molecular weight is 530 g/mol. The topological polar surface area (TPSA) is 146 Å². The number of rotatable bonds is 4. The lowest BCUT2D eigenvalue weighted by molar-refractivity contribution is -0.116. The smallest absolute Gasteiger partial charge is 0.251 e. The molecule has 9 nitrogen and oxygen atoms in total. The number of carbonyl (C=O) groups excluding carboxylic acids is 2. The van der Waals surface area contributed by atoms with E-state index in [1.54, 1.807) is 39.4 Å². The summed E-state index contributed by atoms with van der Waals surface area (Å²) in [5.41, 5.74) is 14.6. The van der Waals surface area contributed by atoms with Crippen LogP contribution >= 0.6 is 0 Å². The number of aliphatic hydroxyl groups excluding tert-OH is 1. The van der Waals surface area contributed by atoms with E-state index in [4.69, 9.17) is 25.7 Å². The number of hydrogen-bond acceptors (Lipinski definition) is 8. The molecule has 210 valence electrons. The van der Waals surface area contributed by atoms with Crippen LogP contribution in [-0.2, 0) is 23.8 Å². The van der Waals surface area contributed by atoms with E-state index in [0.717, 1.165) is 11.1 Å². The van der Waals surface area contributed by atoms with Crippen molar-refractivity contribution < 1.29 is 28.9 Å². The van der Waals surface area contributed by atoms with E-state index >= 15 is 0 Å². The van der Waals surface area contributed by atoms with Crippen LogP contribution in [0.5, 0.6) is 0 Å². The zero-order valence-corrected chi connectivity index (χ0v) is 23.3. The summed E-state index contributed by atoms with van der Waals surface area (Å²) < 4.78 is 17.1. The minimum atomic E-state index is -0.808. The van der Waals surface area contributed by atoms with Crippen LogP contribution in [-0.4, -0.2) is 55.4 Å². The first kappa shape index (κ1) is 31.1. The maximum absolute atomic E-state index is 12.8. The first-order valence-electron chi connectivity index (χ1n) is 12.8. The van der Waals surface area contributed by atoms with E-state index in [0.29, 0.717) is 30.5 Å². The van der Waals surface area contributed by atoms with Crippen LogP contribution in [0.15, 0.2) is 71.0 Å². The number of aliphatic hydroxyl groups is 1. The van der Waals surface area contributed by atoms with Gasteiger partial charge in [0.2, 0.25) is 5.78 Å². The highest BCUT2D eigenvalue weighted by Gasteiger charge is 2.29. The Balaban J connectivity index is 2.52. The molecule has 2 bridgehead atoms. The summed E-state index contributed by atoms with van der Waals surface area (Å²) in [5.74, 6) is -0.863. The molecule has 2 rings (SSSR count). The predicted molar refractivity (Wildman–Crippen MR) is 147 cm³/mol. The van der Waals surface area contributed by atoms with Crippen LogP contribution in [0.1, 0.15) is 47.0 Å². The van der Waals surface area contributed by atoms with Gasteiger partial charge < -0.3 is 36.1 Å². The lowest BCUT2D eigenvalue weighted by atomic mass is 9.85. The van der Waals surface area contributed by atoms with Gasteiger partial charge in [-0.2, -0.15) is 0 Å². The number of methoxy groups -OCH3 is 2. The van der Waals surface area contributed by atoms with Crippen molar-refractivity contribution in [2.45, 2.75) is 71.4 Å². The molecule has 6 N–H and O–H groups in total. The van der Waals surface area contributed by atoms with Gasteiger partial charge in [-0.1, -0.05) is 38.2 Å². The predicted octanol–water partition coefficient (Wildman–Crippen LogP) is 2.89. The molecule has 0 aromatic heterocycles. The van der Waals surface area contributed by atoms with Crippen LogP contribution in [0.2, 0.25) is 0 Å². The minimum Gasteiger partial charge on any atom is -0.469 e. The third-order valence-corrected chi connectivity index (χ3v) is 6.91. The summed E-state index contributed by atoms with van der Waals surface area (Å²) >= 11 is 0. The molecule has 1 aliphatic heterocycles. The molecule has 0 aromatic rings. The Morgan fingerprint density at radius 3 is 2.47 bits per heavy atom. The molecule has 1 aliphatic carbocycles. The van der Waals surface area contributed by atoms with Crippen LogP contribution < -0.4 is 16.8 Å². The summed E-state index contributed by atoms with van der Waals surface area (Å²) in [4.78, 5) is 25.4. The maximum atomic E-state index is 12.8. The maximum Gasteiger partial charge on any atom is 0.251 e. The average Bonchev–Trinajstić information content (AvgIpc) is 2.85. The first-order valence-corrected chi connectivity index (χ1v) is 12.8. The van der Waals surface area contributed by atoms with Gasteiger partial charge in [0.1, 0.15) is 6.10 Å². The SMILES string of the molecule is C=C(N)O[C@H]1/C(C)=C/C(C)[C@@H](O)[C@@H](OC)C[C@H](C)CC2=C(N)C(=O)C=C(C2)NC(=O)/C(C)=C/C=C\[C@@H]1OC. The molecule has 0 aromatic carbocycles. The van der Waals surface area contributed by atoms with Crippen molar-refractivity contribution in [1.29, 1.82) is 0 Å². The number of nitrogens with one attached hydrogen (secondary N) is 1. The van der Waals surface area contributed by atoms with Crippen molar-refractivity contribution in [3.63, 3.8) is 0 Å². The van der Waals surface area contributed by atoms with Crippen LogP contribution in [0, 0.1) is 11.8 Å². The number of fused-ring (bicyclic) bond motifs is 2. The second-order valence-electron chi connectivity index (χ2n) is 10.2. The van der Waals surface area contributed by atoms with Gasteiger partial charge in [-0.25, -0.2) is 0 Å². The van der Waals surface area contributed by atoms with Crippen LogP contribution in [0.3, 0.4) is 0 Å². The fraction of sp³-hybridized carbons (Fsp3) is 0.517. The zero-order valence-electron chi connectivity index (χ0n) is 23.3. The standard InChI is InChI=1S/C29H43N3O6/c1-16-11-21-14-22(15-23(33)26(21)31)32-29(35)17(2)9-8-10-24(36-6)28(38-20(5)30)19(4)13-18(3)27(34)25(12-16)37-7/h8-10,13,15-16,18,24-25,27-28,34H,5,11-12,14,30-31H2,1-4,6-7H3,(H,32,35)/b10-8-,17-9+,19-13+/t16-,18?,24+,25+,27-,28+/m1/s1. The Bertz CT molecular complexity index is 1050. The molecule has 1 unspecified atom stereocenters. The number of ketones is 1. The number of amides is 1. The molecule has 9 heteroatoms. The number of nitrogens with two attached hydrogens (primary N) is 2. The van der Waals surface area contributed by atoms with Crippen molar-refractivity contribution >= 4 is 11.7 Å². The molecular formula is C29H43N3O6. The molecule has 1 amide bonds. The summed E-state index contributed by atoms with van der Waals surface area (Å²) in [6, 6.07) is 0. The number of hydrogen-bond donors (Lipinski definition) is 4. The van der Waals surface area contributed by atoms with Gasteiger partial charge in [-0.15, -0.1) is 0 Å². The van der Waals surface area contributed by atoms with Gasteiger partial charge in [0.25, 0.3) is 5.91 Å². The number of carbonyl (C=O) groups is 2. The van der Waals surface area contributed by atoms with Gasteiger partial charge in [0.15, 0.2) is 12.0 Å². The molecule has 1 heterocycles. The zero-order chi connectivity index (χ0) is 28.6. The van der Waals surface area contributed by atoms with Crippen molar-refractivity contribution in [2.75, 3.05) is 14.2 Å². The Hall–Kier alpha value is -3.14. The van der Waals surface area contributed by atoms with E-state index in [1.165, 1.54) is 6.08 Å². The molecule has 0 saturated carbocycles. The fourth-order valence-electron chi connectivity index (χ4n) is 4.79. The molecule has 0 radical (unpaired) electrons. The lowest BCUT2D eigenvalue weighted by Crippen LogP contribution is -2.36. The van der Waals surface area contributed by atoms with Crippen molar-refractivity contribution in [1.82, 2.24) is 5.32 Å². The molecule has 0 spiro atoms. The molecule has 2 aliphatic rings. The monoisotopic (exact) mass is 529 g/mol.